The van der Waals surface area contributed by atoms with E-state index in [1.807, 2.05) is 6.20 Å². The van der Waals surface area contributed by atoms with Gasteiger partial charge >= 0.3 is 0 Å². The number of nitrogens with zero attached hydrogens (tertiary/aromatic N) is 1. The third-order valence-electron chi connectivity index (χ3n) is 5.03. The molecule has 2 nitrogen and oxygen atoms in total. The molecule has 0 aliphatic heterocycles. The smallest absolute Gasteiger partial charge is 0.119 e. The summed E-state index contributed by atoms with van der Waals surface area (Å²) in [6, 6.07) is 21.4. The zero-order chi connectivity index (χ0) is 19.6. The lowest BCUT2D eigenvalue weighted by atomic mass is 10.0. The van der Waals surface area contributed by atoms with Crippen LogP contribution in [-0.4, -0.2) is 11.6 Å². The molecule has 2 heteroatoms. The molecule has 0 radical (unpaired) electrons. The number of benzene rings is 2. The summed E-state index contributed by atoms with van der Waals surface area (Å²) in [6.45, 7) is 5.19. The highest BCUT2D eigenvalue weighted by Crippen LogP contribution is 2.26. The van der Waals surface area contributed by atoms with E-state index in [1.54, 1.807) is 0 Å². The highest BCUT2D eigenvalue weighted by molar-refractivity contribution is 5.70. The number of unbranched alkanes of at least 4 members (excludes halogenated alkanes) is 3. The Balaban J connectivity index is 1.63. The van der Waals surface area contributed by atoms with Crippen molar-refractivity contribution in [2.45, 2.75) is 52.4 Å². The third kappa shape index (κ3) is 5.69. The van der Waals surface area contributed by atoms with E-state index >= 15 is 0 Å². The Morgan fingerprint density at radius 3 is 1.79 bits per heavy atom. The van der Waals surface area contributed by atoms with Crippen LogP contribution in [0.25, 0.3) is 22.3 Å². The Hall–Kier alpha value is -2.61. The van der Waals surface area contributed by atoms with Gasteiger partial charge in [-0.2, -0.15) is 0 Å². The maximum absolute atomic E-state index is 5.75. The summed E-state index contributed by atoms with van der Waals surface area (Å²) in [5.41, 5.74) is 5.99. The molecule has 28 heavy (non-hydrogen) atoms. The van der Waals surface area contributed by atoms with Gasteiger partial charge in [-0.3, -0.25) is 4.98 Å². The summed E-state index contributed by atoms with van der Waals surface area (Å²) in [6.07, 6.45) is 9.07. The molecule has 0 amide bonds. The number of hydrogen-bond acceptors (Lipinski definition) is 2. The van der Waals surface area contributed by atoms with Crippen LogP contribution < -0.4 is 4.74 Å². The van der Waals surface area contributed by atoms with Crippen LogP contribution in [0, 0.1) is 0 Å². The SMILES string of the molecule is CCCCCc1ccc(-c2ccc(-c3ccc(OCCCC)cc3)cc2)cn1. The van der Waals surface area contributed by atoms with Gasteiger partial charge in [-0.1, -0.05) is 75.6 Å². The topological polar surface area (TPSA) is 22.1 Å². The van der Waals surface area contributed by atoms with Crippen molar-refractivity contribution in [1.29, 1.82) is 0 Å². The van der Waals surface area contributed by atoms with Crippen LogP contribution >= 0.6 is 0 Å². The zero-order valence-electron chi connectivity index (χ0n) is 17.2. The van der Waals surface area contributed by atoms with Crippen LogP contribution in [-0.2, 0) is 6.42 Å². The minimum Gasteiger partial charge on any atom is -0.494 e. The lowest BCUT2D eigenvalue weighted by molar-refractivity contribution is 0.309. The van der Waals surface area contributed by atoms with Gasteiger partial charge in [0, 0.05) is 17.5 Å². The molecule has 0 unspecified atom stereocenters. The van der Waals surface area contributed by atoms with Gasteiger partial charge in [-0.25, -0.2) is 0 Å². The summed E-state index contributed by atoms with van der Waals surface area (Å²) in [5, 5.41) is 0. The molecule has 0 spiro atoms. The molecule has 146 valence electrons. The number of aryl methyl sites for hydroxylation is 1. The molecular weight excluding hydrogens is 342 g/mol. The fraction of sp³-hybridized carbons (Fsp3) is 0.346. The summed E-state index contributed by atoms with van der Waals surface area (Å²) in [4.78, 5) is 4.63. The number of rotatable bonds is 10. The molecule has 0 aliphatic carbocycles. The lowest BCUT2D eigenvalue weighted by Gasteiger charge is -2.08. The fourth-order valence-corrected chi connectivity index (χ4v) is 3.23. The molecule has 2 aromatic carbocycles. The number of pyridine rings is 1. The normalized spacial score (nSPS) is 10.8. The number of ether oxygens (including phenoxy) is 1. The molecule has 1 heterocycles. The van der Waals surface area contributed by atoms with E-state index in [-0.39, 0.29) is 0 Å². The molecule has 1 aromatic heterocycles. The largest absolute Gasteiger partial charge is 0.494 e. The van der Waals surface area contributed by atoms with Gasteiger partial charge in [0.1, 0.15) is 5.75 Å². The van der Waals surface area contributed by atoms with E-state index in [9.17, 15) is 0 Å². The molecule has 0 bridgehead atoms. The molecular formula is C26H31NO. The van der Waals surface area contributed by atoms with E-state index in [0.29, 0.717) is 0 Å². The standard InChI is InChI=1S/C26H31NO/c1-3-5-7-8-25-16-13-24(20-27-25)23-11-9-21(10-12-23)22-14-17-26(18-15-22)28-19-6-4-2/h9-18,20H,3-8,19H2,1-2H3. The second-order valence-corrected chi connectivity index (χ2v) is 7.30. The molecule has 0 fully saturated rings. The van der Waals surface area contributed by atoms with Crippen LogP contribution in [0.3, 0.4) is 0 Å². The van der Waals surface area contributed by atoms with Gasteiger partial charge in [0.2, 0.25) is 0 Å². The van der Waals surface area contributed by atoms with Crippen molar-refractivity contribution in [3.05, 3.63) is 72.6 Å². The summed E-state index contributed by atoms with van der Waals surface area (Å²) in [5.74, 6) is 0.943. The first kappa shape index (κ1) is 20.1. The van der Waals surface area contributed by atoms with Crippen molar-refractivity contribution in [1.82, 2.24) is 4.98 Å². The van der Waals surface area contributed by atoms with Crippen LogP contribution in [0.2, 0.25) is 0 Å². The summed E-state index contributed by atoms with van der Waals surface area (Å²) >= 11 is 0. The van der Waals surface area contributed by atoms with Crippen LogP contribution in [0.1, 0.15) is 51.6 Å². The van der Waals surface area contributed by atoms with Gasteiger partial charge in [-0.15, -0.1) is 0 Å². The van der Waals surface area contributed by atoms with Gasteiger partial charge in [0.15, 0.2) is 0 Å². The van der Waals surface area contributed by atoms with E-state index in [4.69, 9.17) is 4.74 Å². The summed E-state index contributed by atoms with van der Waals surface area (Å²) < 4.78 is 5.75. The monoisotopic (exact) mass is 373 g/mol. The van der Waals surface area contributed by atoms with E-state index < -0.39 is 0 Å². The number of aromatic nitrogens is 1. The molecule has 0 saturated heterocycles. The Bertz CT molecular complexity index is 747. The van der Waals surface area contributed by atoms with Crippen LogP contribution in [0.5, 0.6) is 5.75 Å². The average Bonchev–Trinajstić information content (AvgIpc) is 2.75. The second-order valence-electron chi connectivity index (χ2n) is 7.30. The Kier molecular flexibility index (Phi) is 7.66. The Morgan fingerprint density at radius 1 is 0.643 bits per heavy atom. The molecule has 3 rings (SSSR count). The van der Waals surface area contributed by atoms with Gasteiger partial charge in [0.25, 0.3) is 0 Å². The Morgan fingerprint density at radius 2 is 1.21 bits per heavy atom. The van der Waals surface area contributed by atoms with Crippen LogP contribution in [0.15, 0.2) is 66.9 Å². The highest BCUT2D eigenvalue weighted by Gasteiger charge is 2.03. The van der Waals surface area contributed by atoms with Crippen molar-refractivity contribution < 1.29 is 4.74 Å². The number of hydrogen-bond donors (Lipinski definition) is 0. The predicted octanol–water partition coefficient (Wildman–Crippen LogP) is 7.33. The maximum Gasteiger partial charge on any atom is 0.119 e. The maximum atomic E-state index is 5.75. The molecule has 0 aliphatic rings. The fourth-order valence-electron chi connectivity index (χ4n) is 3.23. The molecule has 0 saturated carbocycles. The van der Waals surface area contributed by atoms with Gasteiger partial charge in [-0.05, 0) is 54.2 Å². The van der Waals surface area contributed by atoms with E-state index in [2.05, 4.69) is 79.5 Å². The first-order valence-corrected chi connectivity index (χ1v) is 10.6. The minimum absolute atomic E-state index is 0.788. The summed E-state index contributed by atoms with van der Waals surface area (Å²) in [7, 11) is 0. The van der Waals surface area contributed by atoms with Gasteiger partial charge in [0.05, 0.1) is 6.61 Å². The third-order valence-corrected chi connectivity index (χ3v) is 5.03. The predicted molar refractivity (Wildman–Crippen MR) is 119 cm³/mol. The second kappa shape index (κ2) is 10.7. The van der Waals surface area contributed by atoms with Gasteiger partial charge < -0.3 is 4.74 Å². The average molecular weight is 374 g/mol. The zero-order valence-corrected chi connectivity index (χ0v) is 17.2. The minimum atomic E-state index is 0.788. The first-order valence-electron chi connectivity index (χ1n) is 10.6. The molecule has 3 aromatic rings. The first-order chi connectivity index (χ1) is 13.8. The Labute approximate surface area is 169 Å². The van der Waals surface area contributed by atoms with E-state index in [0.717, 1.165) is 31.6 Å². The van der Waals surface area contributed by atoms with Crippen molar-refractivity contribution in [3.8, 4) is 28.0 Å². The lowest BCUT2D eigenvalue weighted by Crippen LogP contribution is -1.95. The van der Waals surface area contributed by atoms with Crippen molar-refractivity contribution in [2.24, 2.45) is 0 Å². The van der Waals surface area contributed by atoms with E-state index in [1.165, 1.54) is 47.2 Å². The highest BCUT2D eigenvalue weighted by atomic mass is 16.5. The van der Waals surface area contributed by atoms with Crippen molar-refractivity contribution >= 4 is 0 Å². The molecule has 0 N–H and O–H groups in total. The van der Waals surface area contributed by atoms with Crippen molar-refractivity contribution in [3.63, 3.8) is 0 Å². The quantitative estimate of drug-likeness (QED) is 0.347. The van der Waals surface area contributed by atoms with Crippen LogP contribution in [0.4, 0.5) is 0 Å². The van der Waals surface area contributed by atoms with Crippen molar-refractivity contribution in [2.75, 3.05) is 6.61 Å². The molecule has 0 atom stereocenters.